The molecule has 3 aliphatic rings. The third-order valence-electron chi connectivity index (χ3n) is 7.53. The van der Waals surface area contributed by atoms with E-state index < -0.39 is 11.4 Å². The molecule has 124 valence electrons. The minimum atomic E-state index is -0.559. The number of carbonyl (C=O) groups is 1. The Morgan fingerprint density at radius 1 is 1.23 bits per heavy atom. The van der Waals surface area contributed by atoms with Crippen molar-refractivity contribution in [2.45, 2.75) is 72.6 Å². The first kappa shape index (κ1) is 16.1. The van der Waals surface area contributed by atoms with Crippen molar-refractivity contribution in [2.24, 2.45) is 34.5 Å². The quantitative estimate of drug-likeness (QED) is 0.704. The molecule has 2 saturated carbocycles. The second-order valence-electron chi connectivity index (χ2n) is 8.92. The largest absolute Gasteiger partial charge is 0.481 e. The van der Waals surface area contributed by atoms with Crippen LogP contribution in [0.25, 0.3) is 0 Å². The van der Waals surface area contributed by atoms with Crippen LogP contribution in [0, 0.1) is 34.5 Å². The van der Waals surface area contributed by atoms with Crippen molar-refractivity contribution in [3.63, 3.8) is 0 Å². The summed E-state index contributed by atoms with van der Waals surface area (Å²) >= 11 is 0. The highest BCUT2D eigenvalue weighted by atomic mass is 16.4. The minimum Gasteiger partial charge on any atom is -0.481 e. The number of fused-ring (bicyclic) bond motifs is 3. The van der Waals surface area contributed by atoms with E-state index in [0.717, 1.165) is 19.3 Å². The van der Waals surface area contributed by atoms with E-state index in [9.17, 15) is 9.90 Å². The second-order valence-corrected chi connectivity index (χ2v) is 8.92. The molecule has 0 aromatic carbocycles. The van der Waals surface area contributed by atoms with Crippen molar-refractivity contribution in [3.8, 4) is 0 Å². The van der Waals surface area contributed by atoms with E-state index >= 15 is 0 Å². The zero-order valence-corrected chi connectivity index (χ0v) is 14.7. The summed E-state index contributed by atoms with van der Waals surface area (Å²) < 4.78 is 0. The van der Waals surface area contributed by atoms with Gasteiger partial charge in [0.2, 0.25) is 0 Å². The monoisotopic (exact) mass is 304 g/mol. The molecule has 0 radical (unpaired) electrons. The van der Waals surface area contributed by atoms with Gasteiger partial charge in [-0.25, -0.2) is 0 Å². The molecule has 0 saturated heterocycles. The first-order chi connectivity index (χ1) is 10.3. The van der Waals surface area contributed by atoms with Crippen LogP contribution in [-0.2, 0) is 4.79 Å². The molecule has 1 N–H and O–H groups in total. The normalized spacial score (nSPS) is 45.0. The van der Waals surface area contributed by atoms with Crippen LogP contribution in [0.15, 0.2) is 11.6 Å². The van der Waals surface area contributed by atoms with Gasteiger partial charge in [0.1, 0.15) is 0 Å². The van der Waals surface area contributed by atoms with Crippen molar-refractivity contribution >= 4 is 5.97 Å². The third kappa shape index (κ3) is 2.25. The molecule has 22 heavy (non-hydrogen) atoms. The van der Waals surface area contributed by atoms with Gasteiger partial charge in [0.15, 0.2) is 0 Å². The summed E-state index contributed by atoms with van der Waals surface area (Å²) in [6.07, 6.45) is 10.6. The van der Waals surface area contributed by atoms with Crippen LogP contribution in [0.1, 0.15) is 72.6 Å². The summed E-state index contributed by atoms with van der Waals surface area (Å²) in [5, 5.41) is 9.85. The first-order valence-electron chi connectivity index (χ1n) is 9.23. The highest BCUT2D eigenvalue weighted by Gasteiger charge is 2.58. The van der Waals surface area contributed by atoms with E-state index in [-0.39, 0.29) is 5.41 Å². The molecule has 0 aromatic heterocycles. The molecule has 2 nitrogen and oxygen atoms in total. The van der Waals surface area contributed by atoms with Crippen LogP contribution in [0.4, 0.5) is 0 Å². The molecule has 0 aromatic rings. The Morgan fingerprint density at radius 3 is 2.59 bits per heavy atom. The lowest BCUT2D eigenvalue weighted by molar-refractivity contribution is -0.169. The van der Waals surface area contributed by atoms with E-state index in [4.69, 9.17) is 0 Å². The van der Waals surface area contributed by atoms with Crippen molar-refractivity contribution in [1.82, 2.24) is 0 Å². The lowest BCUT2D eigenvalue weighted by Crippen LogP contribution is -2.55. The van der Waals surface area contributed by atoms with Gasteiger partial charge in [-0.05, 0) is 74.5 Å². The molecule has 3 rings (SSSR count). The van der Waals surface area contributed by atoms with E-state index in [1.807, 2.05) is 6.92 Å². The van der Waals surface area contributed by atoms with E-state index in [1.54, 1.807) is 5.57 Å². The fourth-order valence-electron chi connectivity index (χ4n) is 6.22. The third-order valence-corrected chi connectivity index (χ3v) is 7.53. The number of hydrogen-bond donors (Lipinski definition) is 1. The molecular formula is C20H32O2. The Bertz CT molecular complexity index is 492. The van der Waals surface area contributed by atoms with E-state index in [2.05, 4.69) is 26.8 Å². The molecule has 0 bridgehead atoms. The van der Waals surface area contributed by atoms with Gasteiger partial charge >= 0.3 is 5.97 Å². The molecular weight excluding hydrogens is 272 g/mol. The predicted octanol–water partition coefficient (Wildman–Crippen LogP) is 5.29. The number of carboxylic acid groups (broad SMARTS) is 1. The van der Waals surface area contributed by atoms with Crippen molar-refractivity contribution in [1.29, 1.82) is 0 Å². The lowest BCUT2D eigenvalue weighted by Gasteiger charge is -2.59. The Kier molecular flexibility index (Phi) is 3.94. The van der Waals surface area contributed by atoms with Gasteiger partial charge in [0, 0.05) is 0 Å². The van der Waals surface area contributed by atoms with Crippen LogP contribution in [-0.4, -0.2) is 11.1 Å². The van der Waals surface area contributed by atoms with Gasteiger partial charge in [-0.3, -0.25) is 4.79 Å². The summed E-state index contributed by atoms with van der Waals surface area (Å²) in [6, 6.07) is 0. The molecule has 0 amide bonds. The molecule has 2 fully saturated rings. The number of hydrogen-bond acceptors (Lipinski definition) is 1. The van der Waals surface area contributed by atoms with Gasteiger partial charge in [-0.15, -0.1) is 0 Å². The molecule has 2 heteroatoms. The lowest BCUT2D eigenvalue weighted by atomic mass is 9.44. The van der Waals surface area contributed by atoms with E-state index in [1.165, 1.54) is 25.7 Å². The zero-order chi connectivity index (χ0) is 16.1. The van der Waals surface area contributed by atoms with Crippen LogP contribution in [0.5, 0.6) is 0 Å². The summed E-state index contributed by atoms with van der Waals surface area (Å²) in [7, 11) is 0. The average Bonchev–Trinajstić information content (AvgIpc) is 2.46. The summed E-state index contributed by atoms with van der Waals surface area (Å²) in [5.41, 5.74) is 1.37. The SMILES string of the molecule is CC(C)C1=CC2CCC3C(C)(C(=O)O)CCCC3(C)C2CC1. The highest BCUT2D eigenvalue weighted by molar-refractivity contribution is 5.75. The number of rotatable bonds is 2. The predicted molar refractivity (Wildman–Crippen MR) is 89.6 cm³/mol. The first-order valence-corrected chi connectivity index (χ1v) is 9.23. The maximum Gasteiger partial charge on any atom is 0.309 e. The van der Waals surface area contributed by atoms with E-state index in [0.29, 0.717) is 23.7 Å². The topological polar surface area (TPSA) is 37.3 Å². The average molecular weight is 304 g/mol. The Labute approximate surface area is 135 Å². The second kappa shape index (κ2) is 5.39. The highest BCUT2D eigenvalue weighted by Crippen LogP contribution is 2.63. The maximum atomic E-state index is 12.0. The summed E-state index contributed by atoms with van der Waals surface area (Å²) in [6.45, 7) is 9.06. The Morgan fingerprint density at radius 2 is 1.95 bits per heavy atom. The van der Waals surface area contributed by atoms with Crippen molar-refractivity contribution < 1.29 is 9.90 Å². The van der Waals surface area contributed by atoms with Crippen LogP contribution >= 0.6 is 0 Å². The van der Waals surface area contributed by atoms with Crippen molar-refractivity contribution in [2.75, 3.05) is 0 Å². The maximum absolute atomic E-state index is 12.0. The number of carboxylic acids is 1. The Balaban J connectivity index is 1.92. The number of aliphatic carboxylic acids is 1. The molecule has 0 spiro atoms. The van der Waals surface area contributed by atoms with Gasteiger partial charge in [-0.2, -0.15) is 0 Å². The fraction of sp³-hybridized carbons (Fsp3) is 0.850. The van der Waals surface area contributed by atoms with Gasteiger partial charge < -0.3 is 5.11 Å². The van der Waals surface area contributed by atoms with Gasteiger partial charge in [-0.1, -0.05) is 38.8 Å². The molecule has 0 aliphatic heterocycles. The standard InChI is InChI=1S/C20H32O2/c1-13(2)14-6-8-16-15(12-14)7-9-17-19(16,3)10-5-11-20(17,4)18(21)22/h12-13,15-17H,5-11H2,1-4H3,(H,21,22). The smallest absolute Gasteiger partial charge is 0.309 e. The zero-order valence-electron chi connectivity index (χ0n) is 14.7. The number of allylic oxidation sites excluding steroid dienone is 2. The van der Waals surface area contributed by atoms with Crippen LogP contribution in [0.3, 0.4) is 0 Å². The fourth-order valence-corrected chi connectivity index (χ4v) is 6.22. The van der Waals surface area contributed by atoms with Crippen LogP contribution in [0.2, 0.25) is 0 Å². The molecule has 5 unspecified atom stereocenters. The summed E-state index contributed by atoms with van der Waals surface area (Å²) in [5.74, 6) is 1.87. The summed E-state index contributed by atoms with van der Waals surface area (Å²) in [4.78, 5) is 12.0. The Hall–Kier alpha value is -0.790. The van der Waals surface area contributed by atoms with Crippen LogP contribution < -0.4 is 0 Å². The minimum absolute atomic E-state index is 0.229. The molecule has 5 atom stereocenters. The van der Waals surface area contributed by atoms with Crippen molar-refractivity contribution in [3.05, 3.63) is 11.6 Å². The van der Waals surface area contributed by atoms with Gasteiger partial charge in [0.25, 0.3) is 0 Å². The molecule has 3 aliphatic carbocycles. The molecule has 0 heterocycles. The van der Waals surface area contributed by atoms with Gasteiger partial charge in [0.05, 0.1) is 5.41 Å².